The number of carbonyl (C=O) groups excluding carboxylic acids is 1. The molecule has 142 valence electrons. The molecule has 1 heterocycles. The third-order valence-corrected chi connectivity index (χ3v) is 6.07. The number of hydrogen-bond donors (Lipinski definition) is 3. The highest BCUT2D eigenvalue weighted by Gasteiger charge is 2.40. The van der Waals surface area contributed by atoms with Gasteiger partial charge in [0, 0.05) is 27.6 Å². The van der Waals surface area contributed by atoms with Crippen molar-refractivity contribution < 1.29 is 9.90 Å². The van der Waals surface area contributed by atoms with Gasteiger partial charge < -0.3 is 16.2 Å². The summed E-state index contributed by atoms with van der Waals surface area (Å²) in [6.45, 7) is 4.24. The Hall–Kier alpha value is -1.59. The Morgan fingerprint density at radius 3 is 2.92 bits per heavy atom. The molecule has 1 aliphatic heterocycles. The van der Waals surface area contributed by atoms with Crippen molar-refractivity contribution in [2.24, 2.45) is 28.0 Å². The first-order valence-corrected chi connectivity index (χ1v) is 9.82. The third-order valence-electron chi connectivity index (χ3n) is 5.79. The fourth-order valence-electron chi connectivity index (χ4n) is 4.07. The lowest BCUT2D eigenvalue weighted by Crippen LogP contribution is -2.47. The number of amidine groups is 1. The van der Waals surface area contributed by atoms with E-state index < -0.39 is 6.23 Å². The number of aliphatic imine (C=N–C) groups is 1. The van der Waals surface area contributed by atoms with E-state index in [1.54, 1.807) is 0 Å². The molecule has 4 N–H and O–H groups in total. The second-order valence-corrected chi connectivity index (χ2v) is 8.27. The molecule has 1 amide bonds. The third kappa shape index (κ3) is 3.74. The quantitative estimate of drug-likeness (QED) is 0.686. The first kappa shape index (κ1) is 19.2. The number of rotatable bonds is 5. The Morgan fingerprint density at radius 1 is 1.54 bits per heavy atom. The van der Waals surface area contributed by atoms with Crippen molar-refractivity contribution in [1.29, 1.82) is 0 Å². The summed E-state index contributed by atoms with van der Waals surface area (Å²) >= 11 is 6.06. The zero-order valence-corrected chi connectivity index (χ0v) is 16.2. The average molecular weight is 378 g/mol. The smallest absolute Gasteiger partial charge is 0.220 e. The van der Waals surface area contributed by atoms with E-state index in [1.807, 2.05) is 18.2 Å². The Bertz CT molecular complexity index is 710. The molecule has 6 heteroatoms. The summed E-state index contributed by atoms with van der Waals surface area (Å²) < 4.78 is 0. The molecule has 3 aliphatic rings. The molecule has 0 saturated heterocycles. The molecule has 4 atom stereocenters. The molecular weight excluding hydrogens is 350 g/mol. The largest absolute Gasteiger partial charge is 0.369 e. The summed E-state index contributed by atoms with van der Waals surface area (Å²) in [5, 5.41) is 15.0. The van der Waals surface area contributed by atoms with Crippen LogP contribution in [0, 0.1) is 17.3 Å². The number of carbonyl (C=O) groups is 1. The predicted octanol–water partition coefficient (Wildman–Crippen LogP) is 3.35. The SMILES string of the molecule is CCCCC1CC(C(N)=O)CC2=C1NC([C@]1(C)C=CC(Cl)=CC1)=NC2O. The highest BCUT2D eigenvalue weighted by Crippen LogP contribution is 2.41. The van der Waals surface area contributed by atoms with Crippen LogP contribution in [0.3, 0.4) is 0 Å². The summed E-state index contributed by atoms with van der Waals surface area (Å²) in [5.74, 6) is 0.448. The molecule has 0 spiro atoms. The van der Waals surface area contributed by atoms with E-state index in [4.69, 9.17) is 17.3 Å². The van der Waals surface area contributed by atoms with Gasteiger partial charge >= 0.3 is 0 Å². The highest BCUT2D eigenvalue weighted by molar-refractivity contribution is 6.31. The Labute approximate surface area is 160 Å². The van der Waals surface area contributed by atoms with Gasteiger partial charge in [-0.25, -0.2) is 4.99 Å². The van der Waals surface area contributed by atoms with Crippen molar-refractivity contribution in [2.75, 3.05) is 0 Å². The number of unbranched alkanes of at least 4 members (excludes halogenated alkanes) is 1. The lowest BCUT2D eigenvalue weighted by molar-refractivity contribution is -0.122. The molecule has 3 unspecified atom stereocenters. The van der Waals surface area contributed by atoms with E-state index in [2.05, 4.69) is 24.2 Å². The van der Waals surface area contributed by atoms with Crippen LogP contribution in [0.15, 0.2) is 39.5 Å². The number of allylic oxidation sites excluding steroid dienone is 4. The lowest BCUT2D eigenvalue weighted by Gasteiger charge is -2.40. The number of nitrogens with two attached hydrogens (primary N) is 1. The summed E-state index contributed by atoms with van der Waals surface area (Å²) in [7, 11) is 0. The van der Waals surface area contributed by atoms with E-state index in [0.29, 0.717) is 6.42 Å². The van der Waals surface area contributed by atoms with Crippen LogP contribution in [0.4, 0.5) is 0 Å². The average Bonchev–Trinajstić information content (AvgIpc) is 2.62. The van der Waals surface area contributed by atoms with Crippen LogP contribution in [-0.2, 0) is 4.79 Å². The number of halogens is 1. The van der Waals surface area contributed by atoms with Crippen LogP contribution in [0.25, 0.3) is 0 Å². The fourth-order valence-corrected chi connectivity index (χ4v) is 4.21. The van der Waals surface area contributed by atoms with Crippen LogP contribution in [0.5, 0.6) is 0 Å². The Morgan fingerprint density at radius 2 is 2.31 bits per heavy atom. The predicted molar refractivity (Wildman–Crippen MR) is 104 cm³/mol. The van der Waals surface area contributed by atoms with Gasteiger partial charge in [-0.3, -0.25) is 4.79 Å². The van der Waals surface area contributed by atoms with E-state index in [-0.39, 0.29) is 23.2 Å². The number of nitrogens with zero attached hydrogens (tertiary/aromatic N) is 1. The van der Waals surface area contributed by atoms with E-state index >= 15 is 0 Å². The first-order chi connectivity index (χ1) is 12.3. The van der Waals surface area contributed by atoms with E-state index in [9.17, 15) is 9.90 Å². The number of aliphatic hydroxyl groups excluding tert-OH is 1. The molecule has 0 bridgehead atoms. The van der Waals surface area contributed by atoms with Crippen molar-refractivity contribution in [1.82, 2.24) is 5.32 Å². The molecular formula is C20H28ClN3O2. The zero-order chi connectivity index (χ0) is 18.9. The summed E-state index contributed by atoms with van der Waals surface area (Å²) in [6.07, 6.45) is 10.1. The number of amides is 1. The van der Waals surface area contributed by atoms with Crippen LogP contribution in [-0.4, -0.2) is 23.1 Å². The minimum absolute atomic E-state index is 0.201. The maximum absolute atomic E-state index is 11.8. The number of aliphatic hydroxyl groups is 1. The van der Waals surface area contributed by atoms with Crippen LogP contribution >= 0.6 is 11.6 Å². The van der Waals surface area contributed by atoms with Crippen LogP contribution < -0.4 is 11.1 Å². The van der Waals surface area contributed by atoms with E-state index in [0.717, 1.165) is 54.2 Å². The van der Waals surface area contributed by atoms with Crippen molar-refractivity contribution in [3.05, 3.63) is 34.5 Å². The molecule has 0 saturated carbocycles. The molecule has 3 rings (SSSR count). The van der Waals surface area contributed by atoms with Crippen molar-refractivity contribution in [2.45, 2.75) is 58.6 Å². The summed E-state index contributed by atoms with van der Waals surface area (Å²) in [4.78, 5) is 16.3. The van der Waals surface area contributed by atoms with Crippen LogP contribution in [0.1, 0.15) is 52.4 Å². The van der Waals surface area contributed by atoms with Gasteiger partial charge in [0.05, 0.1) is 0 Å². The van der Waals surface area contributed by atoms with Gasteiger partial charge in [0.15, 0.2) is 6.23 Å². The Balaban J connectivity index is 1.88. The molecule has 0 aromatic heterocycles. The zero-order valence-electron chi connectivity index (χ0n) is 15.5. The summed E-state index contributed by atoms with van der Waals surface area (Å²) in [5.41, 5.74) is 7.12. The van der Waals surface area contributed by atoms with Gasteiger partial charge in [-0.1, -0.05) is 43.5 Å². The maximum atomic E-state index is 11.8. The topological polar surface area (TPSA) is 87.7 Å². The number of primary amides is 1. The second-order valence-electron chi connectivity index (χ2n) is 7.84. The molecule has 0 radical (unpaired) electrons. The van der Waals surface area contributed by atoms with Gasteiger partial charge in [0.1, 0.15) is 5.84 Å². The first-order valence-electron chi connectivity index (χ1n) is 9.44. The monoisotopic (exact) mass is 377 g/mol. The number of hydrogen-bond acceptors (Lipinski definition) is 4. The van der Waals surface area contributed by atoms with Gasteiger partial charge in [-0.05, 0) is 44.6 Å². The maximum Gasteiger partial charge on any atom is 0.220 e. The number of nitrogens with one attached hydrogen (secondary N) is 1. The van der Waals surface area contributed by atoms with Gasteiger partial charge in [0.25, 0.3) is 0 Å². The standard InChI is InChI=1S/C20H28ClN3O2/c1-3-4-5-12-10-13(17(22)25)11-15-16(12)23-19(24-18(15)26)20(2)8-6-14(21)7-9-20/h6-8,12-13,18,26H,3-5,9-11H2,1-2H3,(H2,22,25)(H,23,24)/t12?,13?,18?,20-/m1/s1. The lowest BCUT2D eigenvalue weighted by atomic mass is 9.75. The highest BCUT2D eigenvalue weighted by atomic mass is 35.5. The van der Waals surface area contributed by atoms with Crippen molar-refractivity contribution in [3.63, 3.8) is 0 Å². The molecule has 0 aromatic rings. The molecule has 5 nitrogen and oxygen atoms in total. The molecule has 26 heavy (non-hydrogen) atoms. The summed E-state index contributed by atoms with van der Waals surface area (Å²) in [6, 6.07) is 0. The normalized spacial score (nSPS) is 33.9. The fraction of sp³-hybridized carbons (Fsp3) is 0.600. The molecule has 0 fully saturated rings. The second kappa shape index (κ2) is 7.57. The minimum Gasteiger partial charge on any atom is -0.369 e. The minimum atomic E-state index is -0.917. The van der Waals surface area contributed by atoms with Gasteiger partial charge in [0.2, 0.25) is 5.91 Å². The molecule has 0 aromatic carbocycles. The van der Waals surface area contributed by atoms with Gasteiger partial charge in [-0.15, -0.1) is 0 Å². The van der Waals surface area contributed by atoms with E-state index in [1.165, 1.54) is 0 Å². The van der Waals surface area contributed by atoms with Crippen molar-refractivity contribution >= 4 is 23.3 Å². The van der Waals surface area contributed by atoms with Crippen molar-refractivity contribution in [3.8, 4) is 0 Å². The van der Waals surface area contributed by atoms with Crippen LogP contribution in [0.2, 0.25) is 0 Å². The molecule has 2 aliphatic carbocycles. The van der Waals surface area contributed by atoms with Gasteiger partial charge in [-0.2, -0.15) is 0 Å². The Kier molecular flexibility index (Phi) is 5.58.